The van der Waals surface area contributed by atoms with Gasteiger partial charge in [0.15, 0.2) is 0 Å². The summed E-state index contributed by atoms with van der Waals surface area (Å²) in [5.41, 5.74) is 0. The summed E-state index contributed by atoms with van der Waals surface area (Å²) < 4.78 is 36.6. The fourth-order valence-corrected chi connectivity index (χ4v) is 1.84. The summed E-state index contributed by atoms with van der Waals surface area (Å²) in [7, 11) is 0. The van der Waals surface area contributed by atoms with Gasteiger partial charge >= 0.3 is 6.18 Å². The van der Waals surface area contributed by atoms with Gasteiger partial charge in [-0.1, -0.05) is 6.42 Å². The third-order valence-electron chi connectivity index (χ3n) is 2.67. The number of halogens is 3. The molecule has 0 unspecified atom stereocenters. The average molecular weight is 238 g/mol. The molecule has 16 heavy (non-hydrogen) atoms. The highest BCUT2D eigenvalue weighted by atomic mass is 19.4. The Morgan fingerprint density at radius 3 is 2.56 bits per heavy atom. The van der Waals surface area contributed by atoms with Gasteiger partial charge in [0.05, 0.1) is 6.04 Å². The maximum Gasteiger partial charge on any atom is 0.406 e. The Hall–Kier alpha value is -0.780. The number of piperidine rings is 1. The standard InChI is InChI=1S/C10H17F3N2O/c1-2-15(7-10(11,12)13)9(16)8-5-3-4-6-14-8/h8,14H,2-7H2,1H3/t8-/m1/s1. The Balaban J connectivity index is 2.54. The van der Waals surface area contributed by atoms with Gasteiger partial charge in [-0.3, -0.25) is 4.79 Å². The molecule has 1 aliphatic rings. The minimum absolute atomic E-state index is 0.0938. The van der Waals surface area contributed by atoms with Crippen molar-refractivity contribution in [2.75, 3.05) is 19.6 Å². The third-order valence-corrected chi connectivity index (χ3v) is 2.67. The second-order valence-corrected chi connectivity index (χ2v) is 3.97. The van der Waals surface area contributed by atoms with Crippen molar-refractivity contribution in [3.63, 3.8) is 0 Å². The van der Waals surface area contributed by atoms with E-state index in [1.807, 2.05) is 0 Å². The highest BCUT2D eigenvalue weighted by Crippen LogP contribution is 2.18. The van der Waals surface area contributed by atoms with Crippen molar-refractivity contribution in [1.82, 2.24) is 10.2 Å². The molecular weight excluding hydrogens is 221 g/mol. The number of amides is 1. The molecule has 94 valence electrons. The monoisotopic (exact) mass is 238 g/mol. The first kappa shape index (κ1) is 13.3. The molecule has 0 saturated carbocycles. The number of likely N-dealkylation sites (N-methyl/N-ethyl adjacent to an activating group) is 1. The third kappa shape index (κ3) is 4.00. The lowest BCUT2D eigenvalue weighted by Gasteiger charge is -2.29. The maximum atomic E-state index is 12.2. The molecule has 0 aromatic rings. The van der Waals surface area contributed by atoms with Crippen LogP contribution < -0.4 is 5.32 Å². The van der Waals surface area contributed by atoms with Crippen LogP contribution in [0.3, 0.4) is 0 Å². The van der Waals surface area contributed by atoms with E-state index in [2.05, 4.69) is 5.32 Å². The van der Waals surface area contributed by atoms with Crippen LogP contribution in [0.2, 0.25) is 0 Å². The number of hydrogen-bond donors (Lipinski definition) is 1. The van der Waals surface area contributed by atoms with Gasteiger partial charge in [0, 0.05) is 6.54 Å². The van der Waals surface area contributed by atoms with Crippen molar-refractivity contribution >= 4 is 5.91 Å². The van der Waals surface area contributed by atoms with E-state index in [-0.39, 0.29) is 6.54 Å². The first-order chi connectivity index (χ1) is 7.44. The summed E-state index contributed by atoms with van der Waals surface area (Å²) in [6.45, 7) is 1.21. The lowest BCUT2D eigenvalue weighted by Crippen LogP contribution is -2.50. The molecule has 3 nitrogen and oxygen atoms in total. The average Bonchev–Trinajstić information content (AvgIpc) is 2.25. The van der Waals surface area contributed by atoms with Gasteiger partial charge in [-0.25, -0.2) is 0 Å². The number of nitrogens with zero attached hydrogens (tertiary/aromatic N) is 1. The Kier molecular flexibility index (Phi) is 4.58. The van der Waals surface area contributed by atoms with Crippen LogP contribution in [0.1, 0.15) is 26.2 Å². The Morgan fingerprint density at radius 1 is 1.44 bits per heavy atom. The second kappa shape index (κ2) is 5.52. The number of alkyl halides is 3. The summed E-state index contributed by atoms with van der Waals surface area (Å²) in [4.78, 5) is 12.6. The normalized spacial score (nSPS) is 21.9. The molecule has 1 heterocycles. The Labute approximate surface area is 93.0 Å². The molecule has 0 spiro atoms. The maximum absolute atomic E-state index is 12.2. The zero-order chi connectivity index (χ0) is 12.2. The number of carbonyl (C=O) groups is 1. The van der Waals surface area contributed by atoms with Crippen molar-refractivity contribution in [3.05, 3.63) is 0 Å². The smallest absolute Gasteiger partial charge is 0.333 e. The molecule has 1 rings (SSSR count). The van der Waals surface area contributed by atoms with Crippen molar-refractivity contribution < 1.29 is 18.0 Å². The number of nitrogens with one attached hydrogen (secondary N) is 1. The minimum Gasteiger partial charge on any atom is -0.333 e. The first-order valence-electron chi connectivity index (χ1n) is 5.53. The molecule has 1 atom stereocenters. The van der Waals surface area contributed by atoms with Crippen LogP contribution in [0.15, 0.2) is 0 Å². The van der Waals surface area contributed by atoms with E-state index in [4.69, 9.17) is 0 Å². The molecular formula is C10H17F3N2O. The van der Waals surface area contributed by atoms with Crippen LogP contribution in [0.4, 0.5) is 13.2 Å². The van der Waals surface area contributed by atoms with E-state index >= 15 is 0 Å². The summed E-state index contributed by atoms with van der Waals surface area (Å²) in [5.74, 6) is -0.431. The Morgan fingerprint density at radius 2 is 2.12 bits per heavy atom. The van der Waals surface area contributed by atoms with E-state index in [0.29, 0.717) is 13.0 Å². The Bertz CT molecular complexity index is 237. The van der Waals surface area contributed by atoms with Crippen LogP contribution in [0.25, 0.3) is 0 Å². The lowest BCUT2D eigenvalue weighted by atomic mass is 10.0. The molecule has 1 fully saturated rings. The molecule has 1 amide bonds. The molecule has 0 aromatic heterocycles. The van der Waals surface area contributed by atoms with E-state index < -0.39 is 24.7 Å². The lowest BCUT2D eigenvalue weighted by molar-refractivity contribution is -0.162. The predicted octanol–water partition coefficient (Wildman–Crippen LogP) is 1.54. The van der Waals surface area contributed by atoms with Crippen LogP contribution in [0, 0.1) is 0 Å². The van der Waals surface area contributed by atoms with Crippen molar-refractivity contribution in [1.29, 1.82) is 0 Å². The van der Waals surface area contributed by atoms with Gasteiger partial charge in [-0.15, -0.1) is 0 Å². The van der Waals surface area contributed by atoms with E-state index in [1.165, 1.54) is 0 Å². The molecule has 1 saturated heterocycles. The molecule has 6 heteroatoms. The largest absolute Gasteiger partial charge is 0.406 e. The molecule has 1 N–H and O–H groups in total. The fraction of sp³-hybridized carbons (Fsp3) is 0.900. The van der Waals surface area contributed by atoms with Gasteiger partial charge in [0.25, 0.3) is 0 Å². The minimum atomic E-state index is -4.32. The van der Waals surface area contributed by atoms with Crippen LogP contribution >= 0.6 is 0 Å². The van der Waals surface area contributed by atoms with Crippen LogP contribution in [-0.2, 0) is 4.79 Å². The molecule has 0 aliphatic carbocycles. The molecule has 0 radical (unpaired) electrons. The summed E-state index contributed by atoms with van der Waals surface area (Å²) >= 11 is 0. The number of hydrogen-bond acceptors (Lipinski definition) is 2. The van der Waals surface area contributed by atoms with Gasteiger partial charge < -0.3 is 10.2 Å². The first-order valence-corrected chi connectivity index (χ1v) is 5.53. The van der Waals surface area contributed by atoms with Crippen LogP contribution in [0.5, 0.6) is 0 Å². The summed E-state index contributed by atoms with van der Waals surface area (Å²) in [6, 6.07) is -0.434. The predicted molar refractivity (Wildman–Crippen MR) is 54.0 cm³/mol. The fourth-order valence-electron chi connectivity index (χ4n) is 1.84. The van der Waals surface area contributed by atoms with Gasteiger partial charge in [-0.2, -0.15) is 13.2 Å². The zero-order valence-electron chi connectivity index (χ0n) is 9.31. The zero-order valence-corrected chi connectivity index (χ0v) is 9.31. The number of rotatable bonds is 3. The highest BCUT2D eigenvalue weighted by molar-refractivity contribution is 5.82. The van der Waals surface area contributed by atoms with E-state index in [9.17, 15) is 18.0 Å². The van der Waals surface area contributed by atoms with Crippen molar-refractivity contribution in [2.24, 2.45) is 0 Å². The SMILES string of the molecule is CCN(CC(F)(F)F)C(=O)[C@H]1CCCCN1. The van der Waals surface area contributed by atoms with Crippen LogP contribution in [-0.4, -0.2) is 42.7 Å². The van der Waals surface area contributed by atoms with Crippen molar-refractivity contribution in [3.8, 4) is 0 Å². The van der Waals surface area contributed by atoms with Gasteiger partial charge in [-0.05, 0) is 26.3 Å². The van der Waals surface area contributed by atoms with Crippen molar-refractivity contribution in [2.45, 2.75) is 38.4 Å². The highest BCUT2D eigenvalue weighted by Gasteiger charge is 2.34. The summed E-state index contributed by atoms with van der Waals surface area (Å²) in [6.07, 6.45) is -1.81. The molecule has 0 bridgehead atoms. The molecule has 0 aromatic carbocycles. The van der Waals surface area contributed by atoms with Gasteiger partial charge in [0.2, 0.25) is 5.91 Å². The van der Waals surface area contributed by atoms with E-state index in [0.717, 1.165) is 17.7 Å². The second-order valence-electron chi connectivity index (χ2n) is 3.97. The topological polar surface area (TPSA) is 32.3 Å². The van der Waals surface area contributed by atoms with Gasteiger partial charge in [0.1, 0.15) is 6.54 Å². The number of carbonyl (C=O) groups excluding carboxylic acids is 1. The summed E-state index contributed by atoms with van der Waals surface area (Å²) in [5, 5.41) is 2.96. The van der Waals surface area contributed by atoms with E-state index in [1.54, 1.807) is 6.92 Å². The quantitative estimate of drug-likeness (QED) is 0.809. The molecule has 1 aliphatic heterocycles.